The van der Waals surface area contributed by atoms with Gasteiger partial charge in [0.15, 0.2) is 0 Å². The van der Waals surface area contributed by atoms with Crippen LogP contribution in [0.25, 0.3) is 10.9 Å². The number of methoxy groups -OCH3 is 1. The molecule has 1 heterocycles. The number of nitrogens with one attached hydrogen (secondary N) is 1. The quantitative estimate of drug-likeness (QED) is 0.852. The number of aromatic nitrogens is 2. The fourth-order valence-corrected chi connectivity index (χ4v) is 2.66. The molecular formula is C17H27N3O. The number of benzene rings is 1. The summed E-state index contributed by atoms with van der Waals surface area (Å²) >= 11 is 0. The molecule has 0 fully saturated rings. The summed E-state index contributed by atoms with van der Waals surface area (Å²) in [6.07, 6.45) is 1.97. The number of hydrogen-bond acceptors (Lipinski definition) is 3. The zero-order valence-electron chi connectivity index (χ0n) is 13.8. The first-order valence-corrected chi connectivity index (χ1v) is 7.68. The van der Waals surface area contributed by atoms with Gasteiger partial charge in [-0.25, -0.2) is 0 Å². The third kappa shape index (κ3) is 3.44. The Morgan fingerprint density at radius 3 is 2.71 bits per heavy atom. The van der Waals surface area contributed by atoms with E-state index in [0.717, 1.165) is 25.1 Å². The molecule has 0 radical (unpaired) electrons. The lowest BCUT2D eigenvalue weighted by molar-refractivity contribution is -0.0102. The second-order valence-corrected chi connectivity index (χ2v) is 6.11. The summed E-state index contributed by atoms with van der Waals surface area (Å²) in [5, 5.41) is 9.55. The molecule has 1 atom stereocenters. The van der Waals surface area contributed by atoms with E-state index in [-0.39, 0.29) is 11.6 Å². The van der Waals surface area contributed by atoms with Crippen LogP contribution >= 0.6 is 0 Å². The third-order valence-electron chi connectivity index (χ3n) is 4.24. The molecule has 1 unspecified atom stereocenters. The minimum Gasteiger partial charge on any atom is -0.377 e. The molecule has 1 N–H and O–H groups in total. The lowest BCUT2D eigenvalue weighted by Crippen LogP contribution is -2.49. The number of ether oxygens (including phenoxy) is 1. The van der Waals surface area contributed by atoms with E-state index in [1.807, 2.05) is 11.7 Å². The van der Waals surface area contributed by atoms with Crippen LogP contribution in [-0.2, 0) is 18.2 Å². The number of fused-ring (bicyclic) bond motifs is 1. The lowest BCUT2D eigenvalue weighted by Gasteiger charge is -2.33. The first-order chi connectivity index (χ1) is 9.99. The van der Waals surface area contributed by atoms with E-state index in [1.165, 1.54) is 10.9 Å². The van der Waals surface area contributed by atoms with Gasteiger partial charge in [-0.3, -0.25) is 4.68 Å². The Morgan fingerprint density at radius 2 is 2.05 bits per heavy atom. The first-order valence-electron chi connectivity index (χ1n) is 7.68. The Balaban J connectivity index is 2.30. The molecule has 0 spiro atoms. The Bertz CT molecular complexity index is 589. The Kier molecular flexibility index (Phi) is 5.01. The molecule has 0 bridgehead atoms. The van der Waals surface area contributed by atoms with Crippen LogP contribution < -0.4 is 5.32 Å². The minimum absolute atomic E-state index is 0.228. The van der Waals surface area contributed by atoms with Gasteiger partial charge in [0.05, 0.1) is 16.8 Å². The van der Waals surface area contributed by atoms with E-state index in [4.69, 9.17) is 9.84 Å². The van der Waals surface area contributed by atoms with Crippen molar-refractivity contribution in [3.63, 3.8) is 0 Å². The molecule has 0 aliphatic heterocycles. The fraction of sp³-hybridized carbons (Fsp3) is 0.588. The van der Waals surface area contributed by atoms with E-state index < -0.39 is 0 Å². The second-order valence-electron chi connectivity index (χ2n) is 6.11. The topological polar surface area (TPSA) is 39.1 Å². The van der Waals surface area contributed by atoms with Crippen LogP contribution in [0.3, 0.4) is 0 Å². The van der Waals surface area contributed by atoms with Gasteiger partial charge in [-0.05, 0) is 32.9 Å². The highest BCUT2D eigenvalue weighted by atomic mass is 16.5. The maximum atomic E-state index is 5.69. The van der Waals surface area contributed by atoms with Gasteiger partial charge in [0.2, 0.25) is 0 Å². The van der Waals surface area contributed by atoms with Crippen molar-refractivity contribution in [2.24, 2.45) is 7.05 Å². The van der Waals surface area contributed by atoms with Crippen molar-refractivity contribution >= 4 is 10.9 Å². The minimum atomic E-state index is -0.228. The van der Waals surface area contributed by atoms with E-state index in [0.29, 0.717) is 0 Å². The number of hydrogen-bond donors (Lipinski definition) is 1. The molecule has 1 aromatic carbocycles. The van der Waals surface area contributed by atoms with Gasteiger partial charge in [0.1, 0.15) is 0 Å². The Labute approximate surface area is 127 Å². The number of aryl methyl sites for hydroxylation is 1. The smallest absolute Gasteiger partial charge is 0.0778 e. The van der Waals surface area contributed by atoms with E-state index in [2.05, 4.69) is 50.4 Å². The van der Waals surface area contributed by atoms with Gasteiger partial charge in [-0.1, -0.05) is 25.1 Å². The summed E-state index contributed by atoms with van der Waals surface area (Å²) in [6.45, 7) is 7.43. The summed E-state index contributed by atoms with van der Waals surface area (Å²) in [4.78, 5) is 0. The largest absolute Gasteiger partial charge is 0.377 e. The number of nitrogens with zero attached hydrogens (tertiary/aromatic N) is 2. The van der Waals surface area contributed by atoms with Gasteiger partial charge in [0, 0.05) is 32.0 Å². The van der Waals surface area contributed by atoms with E-state index in [1.54, 1.807) is 7.11 Å². The van der Waals surface area contributed by atoms with Gasteiger partial charge < -0.3 is 10.1 Å². The monoisotopic (exact) mass is 289 g/mol. The van der Waals surface area contributed by atoms with Gasteiger partial charge >= 0.3 is 0 Å². The van der Waals surface area contributed by atoms with Gasteiger partial charge in [0.25, 0.3) is 0 Å². The molecule has 1 aromatic heterocycles. The van der Waals surface area contributed by atoms with Crippen LogP contribution in [0, 0.1) is 0 Å². The highest BCUT2D eigenvalue weighted by Crippen LogP contribution is 2.23. The van der Waals surface area contributed by atoms with Gasteiger partial charge in [-0.15, -0.1) is 0 Å². The summed E-state index contributed by atoms with van der Waals surface area (Å²) in [6, 6.07) is 8.62. The molecular weight excluding hydrogens is 262 g/mol. The summed E-state index contributed by atoms with van der Waals surface area (Å²) < 4.78 is 7.65. The normalized spacial score (nSPS) is 13.8. The van der Waals surface area contributed by atoms with Crippen LogP contribution in [-0.4, -0.2) is 35.1 Å². The van der Waals surface area contributed by atoms with Crippen molar-refractivity contribution in [3.05, 3.63) is 30.0 Å². The Hall–Kier alpha value is -1.39. The third-order valence-corrected chi connectivity index (χ3v) is 4.24. The van der Waals surface area contributed by atoms with Crippen molar-refractivity contribution in [2.45, 2.75) is 45.3 Å². The maximum absolute atomic E-state index is 5.69. The average molecular weight is 289 g/mol. The Morgan fingerprint density at radius 1 is 1.33 bits per heavy atom. The van der Waals surface area contributed by atoms with Crippen LogP contribution in [0.2, 0.25) is 0 Å². The average Bonchev–Trinajstić information content (AvgIpc) is 2.80. The zero-order valence-corrected chi connectivity index (χ0v) is 13.8. The molecule has 0 aliphatic rings. The number of para-hydroxylation sites is 1. The predicted octanol–water partition coefficient (Wildman–Crippen LogP) is 2.91. The predicted molar refractivity (Wildman–Crippen MR) is 87.6 cm³/mol. The van der Waals surface area contributed by atoms with Gasteiger partial charge in [-0.2, -0.15) is 5.10 Å². The molecule has 21 heavy (non-hydrogen) atoms. The molecule has 0 aliphatic carbocycles. The standard InChI is InChI=1S/C17H27N3O/c1-6-11-18-16(17(2,3)21-5)12-14-13-9-7-8-10-15(13)20(4)19-14/h7-10,16,18H,6,11-12H2,1-5H3. The van der Waals surface area contributed by atoms with E-state index in [9.17, 15) is 0 Å². The summed E-state index contributed by atoms with van der Waals surface area (Å²) in [5.41, 5.74) is 2.08. The second kappa shape index (κ2) is 6.58. The first kappa shape index (κ1) is 16.0. The SMILES string of the molecule is CCCNC(Cc1nn(C)c2ccccc12)C(C)(C)OC. The van der Waals surface area contributed by atoms with Crippen molar-refractivity contribution in [1.29, 1.82) is 0 Å². The van der Waals surface area contributed by atoms with E-state index >= 15 is 0 Å². The molecule has 2 rings (SSSR count). The van der Waals surface area contributed by atoms with Crippen LogP contribution in [0.1, 0.15) is 32.9 Å². The molecule has 0 saturated heterocycles. The van der Waals surface area contributed by atoms with Crippen molar-refractivity contribution in [1.82, 2.24) is 15.1 Å². The zero-order chi connectivity index (χ0) is 15.5. The maximum Gasteiger partial charge on any atom is 0.0778 e. The molecule has 2 aromatic rings. The van der Waals surface area contributed by atoms with Crippen LogP contribution in [0.5, 0.6) is 0 Å². The molecule has 116 valence electrons. The van der Waals surface area contributed by atoms with Crippen LogP contribution in [0.4, 0.5) is 0 Å². The van der Waals surface area contributed by atoms with Crippen molar-refractivity contribution < 1.29 is 4.74 Å². The lowest BCUT2D eigenvalue weighted by atomic mass is 9.93. The molecule has 4 nitrogen and oxygen atoms in total. The molecule has 0 amide bonds. The highest BCUT2D eigenvalue weighted by molar-refractivity contribution is 5.81. The summed E-state index contributed by atoms with van der Waals surface area (Å²) in [7, 11) is 3.78. The van der Waals surface area contributed by atoms with Crippen LogP contribution in [0.15, 0.2) is 24.3 Å². The molecule has 4 heteroatoms. The molecule has 0 saturated carbocycles. The van der Waals surface area contributed by atoms with Crippen molar-refractivity contribution in [3.8, 4) is 0 Å². The highest BCUT2D eigenvalue weighted by Gasteiger charge is 2.30. The summed E-state index contributed by atoms with van der Waals surface area (Å²) in [5.74, 6) is 0. The van der Waals surface area contributed by atoms with Crippen molar-refractivity contribution in [2.75, 3.05) is 13.7 Å². The fourth-order valence-electron chi connectivity index (χ4n) is 2.66. The number of rotatable bonds is 7.